The van der Waals surface area contributed by atoms with Crippen molar-refractivity contribution in [3.05, 3.63) is 82.4 Å². The van der Waals surface area contributed by atoms with Crippen LogP contribution in [0.2, 0.25) is 5.02 Å². The van der Waals surface area contributed by atoms with Crippen molar-refractivity contribution in [3.63, 3.8) is 0 Å². The predicted molar refractivity (Wildman–Crippen MR) is 140 cm³/mol. The molecular formula is C25H26ClN3O6S. The van der Waals surface area contributed by atoms with Crippen LogP contribution in [0.15, 0.2) is 65.8 Å². The standard InChI is InChI=1S/C25H26ClN3O6S/c1-33-22-12-18(13-23(34-2)24(22)35-3)15-27-28-25(30)19-10-8-17(9-11-19)16-29(36(4,31)32)21-7-5-6-20(26)14-21/h5-15H,16H2,1-4H3,(H,28,30)/b27-15-. The van der Waals surface area contributed by atoms with Gasteiger partial charge in [-0.05, 0) is 48.0 Å². The molecule has 0 aliphatic heterocycles. The van der Waals surface area contributed by atoms with Crippen LogP contribution in [-0.4, -0.2) is 48.1 Å². The zero-order valence-electron chi connectivity index (χ0n) is 20.2. The zero-order valence-corrected chi connectivity index (χ0v) is 21.8. The third-order valence-electron chi connectivity index (χ3n) is 5.11. The van der Waals surface area contributed by atoms with Gasteiger partial charge in [0.15, 0.2) is 11.5 Å². The molecule has 3 aromatic carbocycles. The Balaban J connectivity index is 1.70. The van der Waals surface area contributed by atoms with Gasteiger partial charge in [0.1, 0.15) is 0 Å². The van der Waals surface area contributed by atoms with Crippen LogP contribution in [0.4, 0.5) is 5.69 Å². The van der Waals surface area contributed by atoms with Crippen molar-refractivity contribution in [1.82, 2.24) is 5.43 Å². The van der Waals surface area contributed by atoms with Gasteiger partial charge in [0, 0.05) is 16.1 Å². The number of hydrogen-bond acceptors (Lipinski definition) is 7. The van der Waals surface area contributed by atoms with Crippen LogP contribution in [0.1, 0.15) is 21.5 Å². The topological polar surface area (TPSA) is 107 Å². The summed E-state index contributed by atoms with van der Waals surface area (Å²) in [5.74, 6) is 0.938. The Kier molecular flexibility index (Phi) is 8.78. The van der Waals surface area contributed by atoms with Crippen LogP contribution in [0.5, 0.6) is 17.2 Å². The van der Waals surface area contributed by atoms with Gasteiger partial charge >= 0.3 is 0 Å². The third-order valence-corrected chi connectivity index (χ3v) is 6.48. The van der Waals surface area contributed by atoms with Crippen LogP contribution in [0, 0.1) is 0 Å². The second kappa shape index (κ2) is 11.8. The molecule has 0 radical (unpaired) electrons. The number of nitrogens with zero attached hydrogens (tertiary/aromatic N) is 2. The minimum Gasteiger partial charge on any atom is -0.493 e. The summed E-state index contributed by atoms with van der Waals surface area (Å²) in [5, 5.41) is 4.43. The fourth-order valence-corrected chi connectivity index (χ4v) is 4.43. The van der Waals surface area contributed by atoms with E-state index in [1.165, 1.54) is 31.8 Å². The normalized spacial score (nSPS) is 11.2. The SMILES string of the molecule is COc1cc(/C=N\NC(=O)c2ccc(CN(c3cccc(Cl)c3)S(C)(=O)=O)cc2)cc(OC)c1OC. The summed E-state index contributed by atoms with van der Waals surface area (Å²) in [5.41, 5.74) is 4.59. The number of hydrazone groups is 1. The highest BCUT2D eigenvalue weighted by molar-refractivity contribution is 7.92. The third kappa shape index (κ3) is 6.67. The van der Waals surface area contributed by atoms with Crippen LogP contribution < -0.4 is 23.9 Å². The van der Waals surface area contributed by atoms with E-state index in [1.54, 1.807) is 60.7 Å². The number of amides is 1. The molecule has 36 heavy (non-hydrogen) atoms. The summed E-state index contributed by atoms with van der Waals surface area (Å²) >= 11 is 6.03. The van der Waals surface area contributed by atoms with E-state index in [4.69, 9.17) is 25.8 Å². The maximum atomic E-state index is 12.5. The maximum absolute atomic E-state index is 12.5. The largest absolute Gasteiger partial charge is 0.493 e. The molecule has 1 amide bonds. The smallest absolute Gasteiger partial charge is 0.271 e. The monoisotopic (exact) mass is 531 g/mol. The summed E-state index contributed by atoms with van der Waals surface area (Å²) in [7, 11) is 0.963. The lowest BCUT2D eigenvalue weighted by Crippen LogP contribution is -2.29. The molecule has 0 atom stereocenters. The summed E-state index contributed by atoms with van der Waals surface area (Å²) in [6.07, 6.45) is 2.58. The van der Waals surface area contributed by atoms with Gasteiger partial charge < -0.3 is 14.2 Å². The second-order valence-corrected chi connectivity index (χ2v) is 9.95. The molecule has 0 saturated carbocycles. The predicted octanol–water partition coefficient (Wildman–Crippen LogP) is 4.10. The number of methoxy groups -OCH3 is 3. The van der Waals surface area contributed by atoms with Crippen LogP contribution in [0.3, 0.4) is 0 Å². The van der Waals surface area contributed by atoms with Gasteiger partial charge in [-0.25, -0.2) is 13.8 Å². The number of halogens is 1. The molecule has 0 fully saturated rings. The van der Waals surface area contributed by atoms with E-state index < -0.39 is 15.9 Å². The minimum atomic E-state index is -3.56. The Bertz CT molecular complexity index is 1340. The molecule has 0 saturated heterocycles. The lowest BCUT2D eigenvalue weighted by Gasteiger charge is -2.22. The Morgan fingerprint density at radius 1 is 1.00 bits per heavy atom. The van der Waals surface area contributed by atoms with E-state index in [9.17, 15) is 13.2 Å². The molecule has 0 aliphatic carbocycles. The van der Waals surface area contributed by atoms with Crippen molar-refractivity contribution in [3.8, 4) is 17.2 Å². The number of nitrogens with one attached hydrogen (secondary N) is 1. The molecule has 3 rings (SSSR count). The molecular weight excluding hydrogens is 506 g/mol. The lowest BCUT2D eigenvalue weighted by molar-refractivity contribution is 0.0955. The summed E-state index contributed by atoms with van der Waals surface area (Å²) in [6, 6.07) is 16.5. The number of hydrogen-bond donors (Lipinski definition) is 1. The van der Waals surface area contributed by atoms with Crippen molar-refractivity contribution in [2.75, 3.05) is 31.9 Å². The first-order chi connectivity index (χ1) is 17.2. The number of carbonyl (C=O) groups is 1. The van der Waals surface area contributed by atoms with Crippen molar-refractivity contribution >= 4 is 39.4 Å². The zero-order chi connectivity index (χ0) is 26.3. The van der Waals surface area contributed by atoms with Gasteiger partial charge in [0.2, 0.25) is 15.8 Å². The first-order valence-electron chi connectivity index (χ1n) is 10.6. The molecule has 0 bridgehead atoms. The van der Waals surface area contributed by atoms with Gasteiger partial charge in [-0.1, -0.05) is 29.8 Å². The number of benzene rings is 3. The van der Waals surface area contributed by atoms with E-state index in [2.05, 4.69) is 10.5 Å². The van der Waals surface area contributed by atoms with Crippen molar-refractivity contribution in [2.45, 2.75) is 6.54 Å². The summed E-state index contributed by atoms with van der Waals surface area (Å²) in [6.45, 7) is 0.0837. The van der Waals surface area contributed by atoms with Crippen molar-refractivity contribution < 1.29 is 27.4 Å². The molecule has 0 aromatic heterocycles. The Hall–Kier alpha value is -3.76. The van der Waals surface area contributed by atoms with Crippen LogP contribution in [0.25, 0.3) is 0 Å². The summed E-state index contributed by atoms with van der Waals surface area (Å²) in [4.78, 5) is 12.5. The first-order valence-corrected chi connectivity index (χ1v) is 12.8. The van der Waals surface area contributed by atoms with Crippen molar-refractivity contribution in [2.24, 2.45) is 5.10 Å². The minimum absolute atomic E-state index is 0.0837. The maximum Gasteiger partial charge on any atom is 0.271 e. The molecule has 3 aromatic rings. The lowest BCUT2D eigenvalue weighted by atomic mass is 10.1. The Labute approximate surface area is 215 Å². The number of anilines is 1. The van der Waals surface area contributed by atoms with E-state index in [-0.39, 0.29) is 6.54 Å². The molecule has 0 heterocycles. The number of ether oxygens (including phenoxy) is 3. The van der Waals surface area contributed by atoms with Gasteiger partial charge in [0.05, 0.1) is 46.0 Å². The molecule has 0 aliphatic rings. The first kappa shape index (κ1) is 26.8. The number of rotatable bonds is 10. The van der Waals surface area contributed by atoms with Gasteiger partial charge in [-0.15, -0.1) is 0 Å². The van der Waals surface area contributed by atoms with E-state index in [0.29, 0.717) is 44.6 Å². The van der Waals surface area contributed by atoms with E-state index >= 15 is 0 Å². The molecule has 9 nitrogen and oxygen atoms in total. The molecule has 0 spiro atoms. The molecule has 0 unspecified atom stereocenters. The highest BCUT2D eigenvalue weighted by Crippen LogP contribution is 2.37. The van der Waals surface area contributed by atoms with Gasteiger partial charge in [-0.2, -0.15) is 5.10 Å². The quantitative estimate of drug-likeness (QED) is 0.312. The van der Waals surface area contributed by atoms with Gasteiger partial charge in [0.25, 0.3) is 5.91 Å². The Morgan fingerprint density at radius 3 is 2.17 bits per heavy atom. The second-order valence-electron chi connectivity index (χ2n) is 7.60. The molecule has 1 N–H and O–H groups in total. The average molecular weight is 532 g/mol. The molecule has 11 heteroatoms. The van der Waals surface area contributed by atoms with Gasteiger partial charge in [-0.3, -0.25) is 9.10 Å². The summed E-state index contributed by atoms with van der Waals surface area (Å²) < 4.78 is 41.9. The number of sulfonamides is 1. The van der Waals surface area contributed by atoms with E-state index in [0.717, 1.165) is 6.26 Å². The highest BCUT2D eigenvalue weighted by atomic mass is 35.5. The van der Waals surface area contributed by atoms with E-state index in [1.807, 2.05) is 0 Å². The fraction of sp³-hybridized carbons (Fsp3) is 0.200. The van der Waals surface area contributed by atoms with Crippen molar-refractivity contribution in [1.29, 1.82) is 0 Å². The average Bonchev–Trinajstić information content (AvgIpc) is 2.86. The highest BCUT2D eigenvalue weighted by Gasteiger charge is 2.18. The fourth-order valence-electron chi connectivity index (χ4n) is 3.36. The van der Waals surface area contributed by atoms with Crippen LogP contribution in [-0.2, 0) is 16.6 Å². The number of carbonyl (C=O) groups excluding carboxylic acids is 1. The molecule has 190 valence electrons. The van der Waals surface area contributed by atoms with Crippen LogP contribution >= 0.6 is 11.6 Å². The Morgan fingerprint density at radius 2 is 1.64 bits per heavy atom.